The van der Waals surface area contributed by atoms with Crippen LogP contribution in [0, 0.1) is 0 Å². The Kier molecular flexibility index (Phi) is 20.0. The van der Waals surface area contributed by atoms with Crippen molar-refractivity contribution in [1.29, 1.82) is 0 Å². The SMILES string of the molecule is CCN(CC)c1ccc(N=Nc2cc[n+](CCCCCC[n+]3ccc(N=Nc4ccc(N(CC)CC)cc4)cc3)cc2)cc1.CCN(CC)c1ccc(N=Nc2ccncc2)cc1. The number of benzene rings is 3. The predicted octanol–water partition coefficient (Wildman–Crippen LogP) is 13.4. The van der Waals surface area contributed by atoms with Crippen molar-refractivity contribution in [3.8, 4) is 0 Å². The third-order valence-electron chi connectivity index (χ3n) is 10.8. The monoisotopic (exact) mass is 847 g/mol. The van der Waals surface area contributed by atoms with Crippen molar-refractivity contribution in [3.05, 3.63) is 146 Å². The fourth-order valence-electron chi connectivity index (χ4n) is 6.99. The predicted molar refractivity (Wildman–Crippen MR) is 259 cm³/mol. The fourth-order valence-corrected chi connectivity index (χ4v) is 6.99. The maximum Gasteiger partial charge on any atom is 0.171 e. The first kappa shape index (κ1) is 47.4. The first-order chi connectivity index (χ1) is 30.9. The summed E-state index contributed by atoms with van der Waals surface area (Å²) in [7, 11) is 0. The third-order valence-corrected chi connectivity index (χ3v) is 10.8. The van der Waals surface area contributed by atoms with Crippen molar-refractivity contribution in [2.75, 3.05) is 54.0 Å². The molecule has 3 heterocycles. The Hall–Kier alpha value is -6.69. The number of rotatable bonds is 22. The van der Waals surface area contributed by atoms with Gasteiger partial charge < -0.3 is 14.7 Å². The number of anilines is 3. The van der Waals surface area contributed by atoms with Crippen molar-refractivity contribution >= 4 is 51.2 Å². The lowest BCUT2D eigenvalue weighted by Crippen LogP contribution is -2.33. The standard InChI is InChI=1S/C36H48N8.C15H18N4/c1-5-43(6-2)35-17-13-31(14-18-35)37-39-33-21-27-41(28-22-33)25-11-9-10-12-26-42-29-23-34(24-30-42)40-38-32-15-19-36(20-16-32)44(7-3)8-4;1-3-19(4-2)15-7-5-13(6-8-15)17-18-14-9-11-16-12-10-14/h13-24,27-30H,5-12,25-26H2,1-4H3;5-12H,3-4H2,1-2H3/q+2;. The quantitative estimate of drug-likeness (QED) is 0.0385. The van der Waals surface area contributed by atoms with E-state index in [-0.39, 0.29) is 0 Å². The number of aromatic nitrogens is 3. The molecule has 0 bridgehead atoms. The lowest BCUT2D eigenvalue weighted by atomic mass is 10.2. The van der Waals surface area contributed by atoms with Gasteiger partial charge in [0, 0.05) is 106 Å². The summed E-state index contributed by atoms with van der Waals surface area (Å²) in [5.41, 5.74) is 8.77. The molecular weight excluding hydrogens is 781 g/mol. The number of azo groups is 3. The van der Waals surface area contributed by atoms with Gasteiger partial charge in [-0.15, -0.1) is 0 Å². The van der Waals surface area contributed by atoms with Gasteiger partial charge in [-0.3, -0.25) is 4.98 Å². The van der Waals surface area contributed by atoms with Crippen molar-refractivity contribution in [1.82, 2.24) is 4.98 Å². The van der Waals surface area contributed by atoms with E-state index in [1.165, 1.54) is 29.9 Å². The summed E-state index contributed by atoms with van der Waals surface area (Å²) in [5, 5.41) is 26.0. The molecule has 0 N–H and O–H groups in total. The largest absolute Gasteiger partial charge is 0.372 e. The molecule has 0 aliphatic heterocycles. The lowest BCUT2D eigenvalue weighted by Gasteiger charge is -2.20. The van der Waals surface area contributed by atoms with Crippen LogP contribution in [0.5, 0.6) is 0 Å². The van der Waals surface area contributed by atoms with Crippen molar-refractivity contribution in [2.24, 2.45) is 30.7 Å². The van der Waals surface area contributed by atoms with Gasteiger partial charge in [-0.2, -0.15) is 30.7 Å². The summed E-state index contributed by atoms with van der Waals surface area (Å²) in [6.07, 6.45) is 16.5. The van der Waals surface area contributed by atoms with Crippen LogP contribution in [-0.2, 0) is 13.1 Å². The molecule has 0 aliphatic carbocycles. The topological polar surface area (TPSA) is 105 Å². The summed E-state index contributed by atoms with van der Waals surface area (Å²) >= 11 is 0. The van der Waals surface area contributed by atoms with E-state index < -0.39 is 0 Å². The highest BCUT2D eigenvalue weighted by molar-refractivity contribution is 5.55. The number of pyridine rings is 3. The summed E-state index contributed by atoms with van der Waals surface area (Å²) in [4.78, 5) is 10.9. The normalized spacial score (nSPS) is 11.3. The molecule has 0 unspecified atom stereocenters. The number of aryl methyl sites for hydroxylation is 2. The second kappa shape index (κ2) is 26.6. The number of hydrogen-bond donors (Lipinski definition) is 0. The van der Waals surface area contributed by atoms with Gasteiger partial charge in [0.2, 0.25) is 0 Å². The Labute approximate surface area is 375 Å². The molecule has 6 rings (SSSR count). The molecule has 6 aromatic rings. The van der Waals surface area contributed by atoms with Gasteiger partial charge in [0.1, 0.15) is 13.1 Å². The van der Waals surface area contributed by atoms with E-state index in [1.807, 2.05) is 72.8 Å². The molecule has 0 fully saturated rings. The highest BCUT2D eigenvalue weighted by Gasteiger charge is 2.06. The Bertz CT molecular complexity index is 2120. The molecule has 3 aromatic carbocycles. The molecular formula is C51H66N12+2. The zero-order valence-corrected chi connectivity index (χ0v) is 38.2. The lowest BCUT2D eigenvalue weighted by molar-refractivity contribution is -0.698. The summed E-state index contributed by atoms with van der Waals surface area (Å²) < 4.78 is 4.44. The number of unbranched alkanes of at least 4 members (excludes halogenated alkanes) is 3. The molecule has 0 saturated carbocycles. The van der Waals surface area contributed by atoms with Crippen LogP contribution in [0.2, 0.25) is 0 Å². The van der Waals surface area contributed by atoms with Gasteiger partial charge in [-0.1, -0.05) is 0 Å². The minimum Gasteiger partial charge on any atom is -0.372 e. The van der Waals surface area contributed by atoms with Crippen molar-refractivity contribution < 1.29 is 9.13 Å². The van der Waals surface area contributed by atoms with E-state index in [2.05, 4.69) is 162 Å². The highest BCUT2D eigenvalue weighted by Crippen LogP contribution is 2.24. The molecule has 0 atom stereocenters. The van der Waals surface area contributed by atoms with Gasteiger partial charge in [0.05, 0.1) is 34.1 Å². The first-order valence-electron chi connectivity index (χ1n) is 22.6. The van der Waals surface area contributed by atoms with E-state index in [1.54, 1.807) is 12.4 Å². The Balaban J connectivity index is 0.000000327. The van der Waals surface area contributed by atoms with Gasteiger partial charge in [-0.05, 0) is 139 Å². The molecule has 3 aromatic heterocycles. The number of hydrogen-bond acceptors (Lipinski definition) is 10. The highest BCUT2D eigenvalue weighted by atomic mass is 15.1. The Morgan fingerprint density at radius 2 is 0.587 bits per heavy atom. The van der Waals surface area contributed by atoms with Gasteiger partial charge in [-0.25, -0.2) is 9.13 Å². The summed E-state index contributed by atoms with van der Waals surface area (Å²) in [6, 6.07) is 36.4. The first-order valence-corrected chi connectivity index (χ1v) is 22.6. The zero-order valence-electron chi connectivity index (χ0n) is 38.2. The molecule has 0 spiro atoms. The average Bonchev–Trinajstić information content (AvgIpc) is 3.34. The number of nitrogens with zero attached hydrogens (tertiary/aromatic N) is 12. The average molecular weight is 847 g/mol. The van der Waals surface area contributed by atoms with Crippen molar-refractivity contribution in [3.63, 3.8) is 0 Å². The van der Waals surface area contributed by atoms with Crippen LogP contribution in [0.25, 0.3) is 0 Å². The smallest absolute Gasteiger partial charge is 0.171 e. The van der Waals surface area contributed by atoms with E-state index >= 15 is 0 Å². The zero-order chi connectivity index (χ0) is 44.5. The van der Waals surface area contributed by atoms with Gasteiger partial charge in [0.15, 0.2) is 24.8 Å². The summed E-state index contributed by atoms with van der Waals surface area (Å²) in [5.74, 6) is 0. The molecule has 0 aliphatic rings. The second-order valence-corrected chi connectivity index (χ2v) is 14.9. The third kappa shape index (κ3) is 15.9. The maximum atomic E-state index is 4.41. The summed E-state index contributed by atoms with van der Waals surface area (Å²) in [6.45, 7) is 21.0. The van der Waals surface area contributed by atoms with Crippen LogP contribution < -0.4 is 23.8 Å². The molecule has 0 radical (unpaired) electrons. The molecule has 63 heavy (non-hydrogen) atoms. The van der Waals surface area contributed by atoms with E-state index in [9.17, 15) is 0 Å². The van der Waals surface area contributed by atoms with E-state index in [4.69, 9.17) is 0 Å². The molecule has 328 valence electrons. The maximum absolute atomic E-state index is 4.41. The Morgan fingerprint density at radius 3 is 0.857 bits per heavy atom. The van der Waals surface area contributed by atoms with Crippen LogP contribution in [-0.4, -0.2) is 44.3 Å². The van der Waals surface area contributed by atoms with E-state index in [0.717, 1.165) is 99.3 Å². The minimum atomic E-state index is 0.808. The minimum absolute atomic E-state index is 0.808. The molecule has 12 nitrogen and oxygen atoms in total. The van der Waals surface area contributed by atoms with Gasteiger partial charge in [0.25, 0.3) is 0 Å². The van der Waals surface area contributed by atoms with Crippen LogP contribution in [0.15, 0.2) is 177 Å². The van der Waals surface area contributed by atoms with Gasteiger partial charge >= 0.3 is 0 Å². The molecule has 0 amide bonds. The van der Waals surface area contributed by atoms with Crippen molar-refractivity contribution in [2.45, 2.75) is 80.3 Å². The molecule has 0 saturated heterocycles. The van der Waals surface area contributed by atoms with Crippen LogP contribution in [0.4, 0.5) is 51.2 Å². The van der Waals surface area contributed by atoms with Crippen LogP contribution in [0.3, 0.4) is 0 Å². The molecule has 12 heteroatoms. The van der Waals surface area contributed by atoms with E-state index in [0.29, 0.717) is 0 Å². The van der Waals surface area contributed by atoms with Crippen LogP contribution >= 0.6 is 0 Å². The Morgan fingerprint density at radius 1 is 0.333 bits per heavy atom. The fraction of sp³-hybridized carbons (Fsp3) is 0.353. The van der Waals surface area contributed by atoms with Crippen LogP contribution in [0.1, 0.15) is 67.2 Å². The second-order valence-electron chi connectivity index (χ2n) is 14.9.